The maximum Gasteiger partial charge on any atom is 0.143 e. The van der Waals surface area contributed by atoms with Crippen LogP contribution in [0.25, 0.3) is 0 Å². The van der Waals surface area contributed by atoms with Gasteiger partial charge in [-0.15, -0.1) is 0 Å². The summed E-state index contributed by atoms with van der Waals surface area (Å²) in [5.41, 5.74) is 0. The first-order valence-electron chi connectivity index (χ1n) is 7.13. The molecule has 1 aliphatic rings. The summed E-state index contributed by atoms with van der Waals surface area (Å²) in [6.45, 7) is 10.0. The molecule has 0 saturated carbocycles. The number of nitrogens with zero attached hydrogens (tertiary/aromatic N) is 3. The molecule has 1 unspecified atom stereocenters. The van der Waals surface area contributed by atoms with Crippen LogP contribution in [-0.2, 0) is 4.79 Å². The van der Waals surface area contributed by atoms with E-state index < -0.39 is 0 Å². The topological polar surface area (TPSA) is 26.8 Å². The first kappa shape index (κ1) is 15.6. The fraction of sp³-hybridized carbons (Fsp3) is 0.929. The number of ketones is 1. The maximum atomic E-state index is 11.2. The van der Waals surface area contributed by atoms with Gasteiger partial charge in [-0.05, 0) is 47.0 Å². The Labute approximate surface area is 112 Å². The highest BCUT2D eigenvalue weighted by atomic mass is 16.1. The number of Topliss-reactive ketones (excluding diaryl/α,β-unsaturated/α-hetero) is 1. The summed E-state index contributed by atoms with van der Waals surface area (Å²) in [4.78, 5) is 18.3. The molecule has 1 fully saturated rings. The van der Waals surface area contributed by atoms with Crippen LogP contribution in [0.4, 0.5) is 0 Å². The molecular formula is C14H29N3O. The van der Waals surface area contributed by atoms with Crippen LogP contribution in [0, 0.1) is 0 Å². The summed E-state index contributed by atoms with van der Waals surface area (Å²) < 4.78 is 0. The molecular weight excluding hydrogens is 226 g/mol. The largest absolute Gasteiger partial charge is 0.305 e. The van der Waals surface area contributed by atoms with Crippen LogP contribution in [0.15, 0.2) is 0 Å². The molecule has 0 aliphatic carbocycles. The summed E-state index contributed by atoms with van der Waals surface area (Å²) >= 11 is 0. The van der Waals surface area contributed by atoms with Gasteiger partial charge in [-0.25, -0.2) is 0 Å². The van der Waals surface area contributed by atoms with E-state index in [4.69, 9.17) is 0 Å². The molecule has 1 saturated heterocycles. The van der Waals surface area contributed by atoms with Crippen molar-refractivity contribution in [2.75, 3.05) is 53.4 Å². The summed E-state index contributed by atoms with van der Waals surface area (Å²) in [7, 11) is 4.35. The van der Waals surface area contributed by atoms with Gasteiger partial charge in [0.2, 0.25) is 0 Å². The zero-order chi connectivity index (χ0) is 13.5. The van der Waals surface area contributed by atoms with Crippen molar-refractivity contribution in [1.82, 2.24) is 14.7 Å². The lowest BCUT2D eigenvalue weighted by Crippen LogP contribution is -2.42. The highest BCUT2D eigenvalue weighted by Gasteiger charge is 2.25. The molecule has 106 valence electrons. The Morgan fingerprint density at radius 1 is 1.28 bits per heavy atom. The molecule has 0 aromatic carbocycles. The standard InChI is InChI=1S/C14H29N3O/c1-5-15(3)9-10-16(4)12-14-7-6-8-17(14)11-13(2)18/h14H,5-12H2,1-4H3. The monoisotopic (exact) mass is 255 g/mol. The Morgan fingerprint density at radius 3 is 2.56 bits per heavy atom. The molecule has 0 radical (unpaired) electrons. The maximum absolute atomic E-state index is 11.2. The van der Waals surface area contributed by atoms with E-state index in [1.807, 2.05) is 0 Å². The minimum Gasteiger partial charge on any atom is -0.305 e. The van der Waals surface area contributed by atoms with Gasteiger partial charge in [0.05, 0.1) is 6.54 Å². The Hall–Kier alpha value is -0.450. The lowest BCUT2D eigenvalue weighted by molar-refractivity contribution is -0.118. The zero-order valence-electron chi connectivity index (χ0n) is 12.5. The molecule has 0 spiro atoms. The second-order valence-corrected chi connectivity index (χ2v) is 5.63. The van der Waals surface area contributed by atoms with E-state index in [1.54, 1.807) is 6.92 Å². The molecule has 1 aliphatic heterocycles. The van der Waals surface area contributed by atoms with Crippen LogP contribution in [0.2, 0.25) is 0 Å². The number of rotatable bonds is 8. The molecule has 1 rings (SSSR count). The van der Waals surface area contributed by atoms with Gasteiger partial charge in [0.25, 0.3) is 0 Å². The lowest BCUT2D eigenvalue weighted by Gasteiger charge is -2.28. The van der Waals surface area contributed by atoms with E-state index in [9.17, 15) is 4.79 Å². The first-order valence-corrected chi connectivity index (χ1v) is 7.13. The molecule has 4 heteroatoms. The van der Waals surface area contributed by atoms with E-state index in [-0.39, 0.29) is 5.78 Å². The molecule has 4 nitrogen and oxygen atoms in total. The summed E-state index contributed by atoms with van der Waals surface area (Å²) in [5.74, 6) is 0.287. The van der Waals surface area contributed by atoms with Crippen molar-refractivity contribution in [2.24, 2.45) is 0 Å². The molecule has 18 heavy (non-hydrogen) atoms. The van der Waals surface area contributed by atoms with Crippen LogP contribution in [0.1, 0.15) is 26.7 Å². The fourth-order valence-electron chi connectivity index (χ4n) is 2.55. The number of likely N-dealkylation sites (tertiary alicyclic amines) is 1. The van der Waals surface area contributed by atoms with E-state index in [1.165, 1.54) is 12.8 Å². The van der Waals surface area contributed by atoms with Gasteiger partial charge in [-0.3, -0.25) is 9.69 Å². The third kappa shape index (κ3) is 5.46. The Kier molecular flexibility index (Phi) is 6.82. The number of carbonyl (C=O) groups excluding carboxylic acids is 1. The van der Waals surface area contributed by atoms with Crippen LogP contribution < -0.4 is 0 Å². The van der Waals surface area contributed by atoms with Crippen molar-refractivity contribution in [3.8, 4) is 0 Å². The van der Waals surface area contributed by atoms with Crippen LogP contribution >= 0.6 is 0 Å². The van der Waals surface area contributed by atoms with Crippen molar-refractivity contribution < 1.29 is 4.79 Å². The second kappa shape index (κ2) is 7.87. The number of hydrogen-bond donors (Lipinski definition) is 0. The highest BCUT2D eigenvalue weighted by Crippen LogP contribution is 2.17. The van der Waals surface area contributed by atoms with Crippen molar-refractivity contribution in [1.29, 1.82) is 0 Å². The van der Waals surface area contributed by atoms with E-state index in [0.717, 1.165) is 32.7 Å². The summed E-state index contributed by atoms with van der Waals surface area (Å²) in [5, 5.41) is 0. The van der Waals surface area contributed by atoms with Gasteiger partial charge in [0.15, 0.2) is 0 Å². The van der Waals surface area contributed by atoms with Crippen LogP contribution in [0.5, 0.6) is 0 Å². The van der Waals surface area contributed by atoms with Gasteiger partial charge in [0.1, 0.15) is 5.78 Å². The molecule has 0 amide bonds. The lowest BCUT2D eigenvalue weighted by atomic mass is 10.2. The minimum atomic E-state index is 0.287. The molecule has 1 heterocycles. The normalized spacial score (nSPS) is 21.1. The smallest absolute Gasteiger partial charge is 0.143 e. The van der Waals surface area contributed by atoms with Crippen molar-refractivity contribution in [3.05, 3.63) is 0 Å². The molecule has 0 aromatic heterocycles. The second-order valence-electron chi connectivity index (χ2n) is 5.63. The van der Waals surface area contributed by atoms with Crippen LogP contribution in [-0.4, -0.2) is 79.9 Å². The fourth-order valence-corrected chi connectivity index (χ4v) is 2.55. The SMILES string of the molecule is CCN(C)CCN(C)CC1CCCN1CC(C)=O. The Morgan fingerprint density at radius 2 is 1.94 bits per heavy atom. The first-order chi connectivity index (χ1) is 8.52. The summed E-state index contributed by atoms with van der Waals surface area (Å²) in [6, 6.07) is 0.575. The molecule has 0 bridgehead atoms. The van der Waals surface area contributed by atoms with Gasteiger partial charge in [-0.2, -0.15) is 0 Å². The van der Waals surface area contributed by atoms with Gasteiger partial charge in [0, 0.05) is 25.7 Å². The van der Waals surface area contributed by atoms with E-state index >= 15 is 0 Å². The van der Waals surface area contributed by atoms with Gasteiger partial charge < -0.3 is 9.80 Å². The molecule has 0 N–H and O–H groups in total. The zero-order valence-corrected chi connectivity index (χ0v) is 12.5. The van der Waals surface area contributed by atoms with E-state index in [0.29, 0.717) is 12.6 Å². The number of hydrogen-bond acceptors (Lipinski definition) is 4. The Balaban J connectivity index is 2.29. The number of likely N-dealkylation sites (N-methyl/N-ethyl adjacent to an activating group) is 2. The third-order valence-electron chi connectivity index (χ3n) is 3.85. The van der Waals surface area contributed by atoms with E-state index in [2.05, 4.69) is 35.7 Å². The van der Waals surface area contributed by atoms with Crippen LogP contribution in [0.3, 0.4) is 0 Å². The van der Waals surface area contributed by atoms with Crippen molar-refractivity contribution in [2.45, 2.75) is 32.7 Å². The highest BCUT2D eigenvalue weighted by molar-refractivity contribution is 5.77. The predicted molar refractivity (Wildman–Crippen MR) is 75.9 cm³/mol. The average molecular weight is 255 g/mol. The number of carbonyl (C=O) groups is 1. The third-order valence-corrected chi connectivity index (χ3v) is 3.85. The molecule has 1 atom stereocenters. The van der Waals surface area contributed by atoms with Gasteiger partial charge in [-0.1, -0.05) is 6.92 Å². The molecule has 0 aromatic rings. The van der Waals surface area contributed by atoms with Gasteiger partial charge >= 0.3 is 0 Å². The quantitative estimate of drug-likeness (QED) is 0.644. The predicted octanol–water partition coefficient (Wildman–Crippen LogP) is 0.923. The van der Waals surface area contributed by atoms with Crippen molar-refractivity contribution >= 4 is 5.78 Å². The van der Waals surface area contributed by atoms with Crippen molar-refractivity contribution in [3.63, 3.8) is 0 Å². The average Bonchev–Trinajstić information content (AvgIpc) is 2.72. The minimum absolute atomic E-state index is 0.287. The summed E-state index contributed by atoms with van der Waals surface area (Å²) in [6.07, 6.45) is 2.47. The Bertz CT molecular complexity index is 257.